The van der Waals surface area contributed by atoms with Crippen molar-refractivity contribution in [3.8, 4) is 5.75 Å². The maximum atomic E-state index is 12.2. The van der Waals surface area contributed by atoms with Gasteiger partial charge in [0.25, 0.3) is 0 Å². The molecule has 1 aromatic carbocycles. The first-order valence-corrected chi connectivity index (χ1v) is 9.00. The lowest BCUT2D eigenvalue weighted by molar-refractivity contribution is -0.137. The van der Waals surface area contributed by atoms with Gasteiger partial charge in [0.15, 0.2) is 0 Å². The number of aliphatic hydroxyl groups excluding tert-OH is 1. The molecule has 1 aliphatic heterocycles. The molecule has 8 nitrogen and oxygen atoms in total. The molecule has 1 saturated heterocycles. The molecule has 8 heteroatoms. The Morgan fingerprint density at radius 1 is 1.22 bits per heavy atom. The van der Waals surface area contributed by atoms with E-state index in [1.165, 1.54) is 7.11 Å². The molecular weight excluding hydrogens is 352 g/mol. The number of ether oxygens (including phenoxy) is 3. The van der Waals surface area contributed by atoms with Crippen LogP contribution in [0.5, 0.6) is 5.75 Å². The lowest BCUT2D eigenvalue weighted by Crippen LogP contribution is -2.52. The minimum absolute atomic E-state index is 0.0383. The molecule has 0 aliphatic carbocycles. The summed E-state index contributed by atoms with van der Waals surface area (Å²) < 4.78 is 15.9. The average Bonchev–Trinajstić information content (AvgIpc) is 2.68. The van der Waals surface area contributed by atoms with Crippen molar-refractivity contribution >= 4 is 11.8 Å². The van der Waals surface area contributed by atoms with Gasteiger partial charge in [0.05, 0.1) is 32.3 Å². The van der Waals surface area contributed by atoms with Crippen LogP contribution < -0.4 is 15.4 Å². The van der Waals surface area contributed by atoms with Gasteiger partial charge in [-0.25, -0.2) is 0 Å². The number of methoxy groups -OCH3 is 2. The fraction of sp³-hybridized carbons (Fsp3) is 0.579. The summed E-state index contributed by atoms with van der Waals surface area (Å²) in [6, 6.07) is 7.21. The Kier molecular flexibility index (Phi) is 8.50. The minimum Gasteiger partial charge on any atom is -0.496 e. The van der Waals surface area contributed by atoms with Gasteiger partial charge in [0.1, 0.15) is 18.5 Å². The lowest BCUT2D eigenvalue weighted by Gasteiger charge is -2.35. The van der Waals surface area contributed by atoms with Crippen molar-refractivity contribution in [1.82, 2.24) is 10.6 Å². The van der Waals surface area contributed by atoms with Gasteiger partial charge in [0, 0.05) is 19.2 Å². The molecule has 0 unspecified atom stereocenters. The third-order valence-corrected chi connectivity index (χ3v) is 4.50. The zero-order valence-electron chi connectivity index (χ0n) is 15.8. The first-order valence-electron chi connectivity index (χ1n) is 9.00. The zero-order valence-corrected chi connectivity index (χ0v) is 15.8. The van der Waals surface area contributed by atoms with E-state index >= 15 is 0 Å². The summed E-state index contributed by atoms with van der Waals surface area (Å²) in [5.74, 6) is 0.337. The van der Waals surface area contributed by atoms with Crippen LogP contribution in [-0.2, 0) is 25.6 Å². The number of aliphatic hydroxyl groups is 1. The van der Waals surface area contributed by atoms with E-state index in [1.807, 2.05) is 24.3 Å². The highest BCUT2D eigenvalue weighted by Crippen LogP contribution is 2.22. The number of benzene rings is 1. The molecule has 2 rings (SSSR count). The Morgan fingerprint density at radius 2 is 2.00 bits per heavy atom. The van der Waals surface area contributed by atoms with Gasteiger partial charge >= 0.3 is 0 Å². The Hall–Kier alpha value is -2.16. The van der Waals surface area contributed by atoms with Crippen LogP contribution in [-0.4, -0.2) is 62.6 Å². The van der Waals surface area contributed by atoms with Crippen molar-refractivity contribution in [3.05, 3.63) is 29.8 Å². The summed E-state index contributed by atoms with van der Waals surface area (Å²) in [5, 5.41) is 15.2. The third-order valence-electron chi connectivity index (χ3n) is 4.50. The Labute approximate surface area is 159 Å². The van der Waals surface area contributed by atoms with E-state index in [-0.39, 0.29) is 43.6 Å². The van der Waals surface area contributed by atoms with Gasteiger partial charge in [-0.05, 0) is 18.9 Å². The summed E-state index contributed by atoms with van der Waals surface area (Å²) in [6.45, 7) is 0.107. The molecule has 2 amide bonds. The number of carbonyl (C=O) groups excluding carboxylic acids is 2. The number of nitrogens with one attached hydrogen (secondary N) is 2. The van der Waals surface area contributed by atoms with E-state index in [1.54, 1.807) is 7.11 Å². The van der Waals surface area contributed by atoms with Crippen LogP contribution in [0.4, 0.5) is 0 Å². The maximum absolute atomic E-state index is 12.2. The van der Waals surface area contributed by atoms with Crippen molar-refractivity contribution in [1.29, 1.82) is 0 Å². The highest BCUT2D eigenvalue weighted by Gasteiger charge is 2.32. The Bertz CT molecular complexity index is 624. The van der Waals surface area contributed by atoms with E-state index in [2.05, 4.69) is 10.6 Å². The van der Waals surface area contributed by atoms with Gasteiger partial charge < -0.3 is 30.0 Å². The Morgan fingerprint density at radius 3 is 2.70 bits per heavy atom. The second kappa shape index (κ2) is 10.9. The summed E-state index contributed by atoms with van der Waals surface area (Å²) in [6.07, 6.45) is 0.619. The van der Waals surface area contributed by atoms with Crippen LogP contribution in [0.2, 0.25) is 0 Å². The van der Waals surface area contributed by atoms with Gasteiger partial charge in [-0.3, -0.25) is 9.59 Å². The van der Waals surface area contributed by atoms with E-state index < -0.39 is 6.10 Å². The van der Waals surface area contributed by atoms with Crippen LogP contribution in [0.1, 0.15) is 24.8 Å². The number of carbonyl (C=O) groups is 2. The number of rotatable bonds is 9. The molecule has 0 bridgehead atoms. The molecule has 0 radical (unpaired) electrons. The van der Waals surface area contributed by atoms with Crippen molar-refractivity contribution in [3.63, 3.8) is 0 Å². The van der Waals surface area contributed by atoms with Crippen LogP contribution in [0, 0.1) is 0 Å². The molecule has 27 heavy (non-hydrogen) atoms. The van der Waals surface area contributed by atoms with Gasteiger partial charge in [-0.15, -0.1) is 0 Å². The zero-order chi connectivity index (χ0) is 19.6. The fourth-order valence-electron chi connectivity index (χ4n) is 3.15. The molecule has 3 atom stereocenters. The lowest BCUT2D eigenvalue weighted by atomic mass is 9.97. The van der Waals surface area contributed by atoms with Crippen LogP contribution in [0.3, 0.4) is 0 Å². The highest BCUT2D eigenvalue weighted by molar-refractivity contribution is 5.77. The number of amides is 2. The van der Waals surface area contributed by atoms with Crippen molar-refractivity contribution in [2.45, 2.75) is 44.1 Å². The summed E-state index contributed by atoms with van der Waals surface area (Å²) in [4.78, 5) is 23.9. The second-order valence-corrected chi connectivity index (χ2v) is 6.46. The van der Waals surface area contributed by atoms with E-state index in [9.17, 15) is 14.7 Å². The topological polar surface area (TPSA) is 106 Å². The summed E-state index contributed by atoms with van der Waals surface area (Å²) >= 11 is 0. The van der Waals surface area contributed by atoms with Gasteiger partial charge in [0.2, 0.25) is 11.8 Å². The predicted octanol–water partition coefficient (Wildman–Crippen LogP) is 0.373. The SMILES string of the molecule is COCC(=O)N[C@H]1CC[C@H](CC(=O)NCc2ccccc2OC)O[C@@H]1CO. The molecular formula is C19H28N2O6. The van der Waals surface area contributed by atoms with E-state index in [0.29, 0.717) is 19.4 Å². The van der Waals surface area contributed by atoms with Crippen LogP contribution in [0.15, 0.2) is 24.3 Å². The molecule has 1 fully saturated rings. The van der Waals surface area contributed by atoms with Crippen LogP contribution in [0.25, 0.3) is 0 Å². The second-order valence-electron chi connectivity index (χ2n) is 6.46. The Balaban J connectivity index is 1.80. The molecule has 0 saturated carbocycles. The first kappa shape index (κ1) is 21.1. The summed E-state index contributed by atoms with van der Waals surface area (Å²) in [5.41, 5.74) is 0.895. The standard InChI is InChI=1S/C19H28N2O6/c1-25-12-19(24)21-15-8-7-14(27-17(15)11-22)9-18(23)20-10-13-5-3-4-6-16(13)26-2/h3-6,14-15,17,22H,7-12H2,1-2H3,(H,20,23)(H,21,24)/t14-,15+,17-/m1/s1. The quantitative estimate of drug-likeness (QED) is 0.572. The van der Waals surface area contributed by atoms with Crippen molar-refractivity contribution in [2.75, 3.05) is 27.4 Å². The van der Waals surface area contributed by atoms with Crippen molar-refractivity contribution < 1.29 is 28.9 Å². The van der Waals surface area contributed by atoms with Gasteiger partial charge in [-0.1, -0.05) is 18.2 Å². The molecule has 0 aromatic heterocycles. The molecule has 1 aliphatic rings. The third kappa shape index (κ3) is 6.50. The van der Waals surface area contributed by atoms with Gasteiger partial charge in [-0.2, -0.15) is 0 Å². The smallest absolute Gasteiger partial charge is 0.246 e. The average molecular weight is 380 g/mol. The fourth-order valence-corrected chi connectivity index (χ4v) is 3.15. The number of hydrogen-bond donors (Lipinski definition) is 3. The normalized spacial score (nSPS) is 22.1. The minimum atomic E-state index is -0.536. The largest absolute Gasteiger partial charge is 0.496 e. The van der Waals surface area contributed by atoms with E-state index in [0.717, 1.165) is 11.3 Å². The van der Waals surface area contributed by atoms with Crippen molar-refractivity contribution in [2.24, 2.45) is 0 Å². The summed E-state index contributed by atoms with van der Waals surface area (Å²) in [7, 11) is 3.04. The highest BCUT2D eigenvalue weighted by atomic mass is 16.5. The molecule has 150 valence electrons. The maximum Gasteiger partial charge on any atom is 0.246 e. The number of para-hydroxylation sites is 1. The predicted molar refractivity (Wildman–Crippen MR) is 98.2 cm³/mol. The molecule has 0 spiro atoms. The molecule has 1 aromatic rings. The molecule has 3 N–H and O–H groups in total. The number of hydrogen-bond acceptors (Lipinski definition) is 6. The monoisotopic (exact) mass is 380 g/mol. The van der Waals surface area contributed by atoms with Crippen LogP contribution >= 0.6 is 0 Å². The molecule has 1 heterocycles. The van der Waals surface area contributed by atoms with E-state index in [4.69, 9.17) is 14.2 Å². The first-order chi connectivity index (χ1) is 13.1.